The van der Waals surface area contributed by atoms with Crippen molar-refractivity contribution in [3.8, 4) is 0 Å². The molecule has 1 N–H and O–H groups in total. The van der Waals surface area contributed by atoms with E-state index in [9.17, 15) is 14.4 Å². The minimum absolute atomic E-state index is 0. The summed E-state index contributed by atoms with van der Waals surface area (Å²) in [5, 5.41) is 2.29. The second-order valence-electron chi connectivity index (χ2n) is 7.79. The molecule has 0 bridgehead atoms. The van der Waals surface area contributed by atoms with Crippen LogP contribution in [-0.4, -0.2) is 18.0 Å². The van der Waals surface area contributed by atoms with Crippen molar-refractivity contribution in [3.63, 3.8) is 0 Å². The van der Waals surface area contributed by atoms with Crippen LogP contribution in [0.15, 0.2) is 101 Å². The van der Waals surface area contributed by atoms with Crippen LogP contribution in [0, 0.1) is 5.92 Å². The molecule has 1 aliphatic carbocycles. The molecule has 5 nitrogen and oxygen atoms in total. The Labute approximate surface area is 219 Å². The van der Waals surface area contributed by atoms with E-state index in [-0.39, 0.29) is 46.6 Å². The minimum atomic E-state index is -5.03. The Hall–Kier alpha value is -1.76. The Morgan fingerprint density at radius 2 is 1.73 bits per heavy atom. The molecule has 0 radical (unpaired) electrons. The topological polar surface area (TPSA) is 72.8 Å². The smallest absolute Gasteiger partial charge is 0.746 e. The van der Waals surface area contributed by atoms with Crippen molar-refractivity contribution in [1.29, 1.82) is 0 Å². The molecule has 33 heavy (non-hydrogen) atoms. The first-order valence-corrected chi connectivity index (χ1v) is 12.5. The summed E-state index contributed by atoms with van der Waals surface area (Å²) in [6.07, 6.45) is 8.08. The summed E-state index contributed by atoms with van der Waals surface area (Å²) in [7, 11) is -3.01. The molecule has 2 aliphatic rings. The molecule has 8 heteroatoms. The molecular formula is C25H21NNaO4PS. The van der Waals surface area contributed by atoms with Gasteiger partial charge in [0.25, 0.3) is 0 Å². The summed E-state index contributed by atoms with van der Waals surface area (Å²) in [5.74, 6) is -0.130. The Bertz CT molecular complexity index is 1330. The standard InChI is InChI=1S/C25H22NO4PS.Na/c1-26-22-12-6-4-10-20(22)24(21-11-5-7-13-23(21)26)25(30-31(27,28)29)32-19-15-14-17-8-2-3-9-18(17)16-19;/h2-16,20,22H,1H3,(H2,27,28,29);/q;+1/p-1/b25-24+;. The first kappa shape index (κ1) is 24.4. The molecule has 3 aromatic rings. The number of likely N-dealkylation sites (N-methyl/N-ethyl adjacent to an activating group) is 1. The summed E-state index contributed by atoms with van der Waals surface area (Å²) in [6, 6.07) is 21.7. The first-order chi connectivity index (χ1) is 15.4. The van der Waals surface area contributed by atoms with Gasteiger partial charge >= 0.3 is 37.4 Å². The summed E-state index contributed by atoms with van der Waals surface area (Å²) in [6.45, 7) is 0. The van der Waals surface area contributed by atoms with Crippen molar-refractivity contribution in [2.45, 2.75) is 10.9 Å². The van der Waals surface area contributed by atoms with Gasteiger partial charge in [0.1, 0.15) is 0 Å². The van der Waals surface area contributed by atoms with Gasteiger partial charge in [-0.1, -0.05) is 84.6 Å². The number of hydrogen-bond acceptors (Lipinski definition) is 5. The zero-order chi connectivity index (χ0) is 22.3. The van der Waals surface area contributed by atoms with Crippen molar-refractivity contribution in [2.24, 2.45) is 5.92 Å². The summed E-state index contributed by atoms with van der Waals surface area (Å²) in [5.41, 5.74) is 2.60. The molecule has 3 aromatic carbocycles. The van der Waals surface area contributed by atoms with Crippen molar-refractivity contribution in [2.75, 3.05) is 11.9 Å². The molecule has 3 unspecified atom stereocenters. The molecule has 0 aromatic heterocycles. The number of para-hydroxylation sites is 1. The second kappa shape index (κ2) is 9.85. The summed E-state index contributed by atoms with van der Waals surface area (Å²) in [4.78, 5) is 24.5. The molecule has 1 heterocycles. The zero-order valence-electron chi connectivity index (χ0n) is 18.3. The maximum Gasteiger partial charge on any atom is 1.00 e. The van der Waals surface area contributed by atoms with E-state index in [1.165, 1.54) is 11.8 Å². The molecule has 3 atom stereocenters. The number of thioether (sulfide) groups is 1. The fraction of sp³-hybridized carbons (Fsp3) is 0.120. The van der Waals surface area contributed by atoms with E-state index < -0.39 is 7.82 Å². The third-order valence-electron chi connectivity index (χ3n) is 5.81. The predicted octanol–water partition coefficient (Wildman–Crippen LogP) is 2.34. The van der Waals surface area contributed by atoms with Gasteiger partial charge in [0.15, 0.2) is 5.09 Å². The number of fused-ring (bicyclic) bond motifs is 3. The predicted molar refractivity (Wildman–Crippen MR) is 128 cm³/mol. The van der Waals surface area contributed by atoms with Gasteiger partial charge in [-0.2, -0.15) is 0 Å². The molecule has 5 rings (SSSR count). The fourth-order valence-corrected chi connectivity index (χ4v) is 6.02. The van der Waals surface area contributed by atoms with Crippen LogP contribution in [0.3, 0.4) is 0 Å². The quantitative estimate of drug-likeness (QED) is 0.265. The summed E-state index contributed by atoms with van der Waals surface area (Å²) < 4.78 is 17.2. The van der Waals surface area contributed by atoms with E-state index in [2.05, 4.69) is 11.0 Å². The maximum absolute atomic E-state index is 11.9. The Morgan fingerprint density at radius 1 is 1.03 bits per heavy atom. The number of hydrogen-bond donors (Lipinski definition) is 1. The second-order valence-corrected chi connectivity index (χ2v) is 9.95. The number of benzene rings is 3. The van der Waals surface area contributed by atoms with Gasteiger partial charge in [-0.3, -0.25) is 4.57 Å². The van der Waals surface area contributed by atoms with Crippen LogP contribution in [0.4, 0.5) is 5.69 Å². The molecule has 0 saturated heterocycles. The largest absolute Gasteiger partial charge is 1.00 e. The van der Waals surface area contributed by atoms with Gasteiger partial charge < -0.3 is 19.2 Å². The van der Waals surface area contributed by atoms with Crippen molar-refractivity contribution in [3.05, 3.63) is 102 Å². The van der Waals surface area contributed by atoms with Crippen LogP contribution >= 0.6 is 19.6 Å². The van der Waals surface area contributed by atoms with Crippen LogP contribution in [0.2, 0.25) is 0 Å². The van der Waals surface area contributed by atoms with Gasteiger partial charge in [-0.05, 0) is 29.0 Å². The number of anilines is 1. The van der Waals surface area contributed by atoms with E-state index in [1.807, 2.05) is 92.0 Å². The van der Waals surface area contributed by atoms with Crippen LogP contribution in [0.1, 0.15) is 5.56 Å². The molecule has 0 fully saturated rings. The number of rotatable bonds is 4. The molecular weight excluding hydrogens is 464 g/mol. The van der Waals surface area contributed by atoms with Crippen LogP contribution in [0.5, 0.6) is 0 Å². The number of phosphoric ester groups is 1. The van der Waals surface area contributed by atoms with Gasteiger partial charge in [-0.15, -0.1) is 0 Å². The van der Waals surface area contributed by atoms with E-state index >= 15 is 0 Å². The Morgan fingerprint density at radius 3 is 2.52 bits per heavy atom. The minimum Gasteiger partial charge on any atom is -0.746 e. The SMILES string of the molecule is CN1c2ccccc2/C(=C(\OP(=O)([O-])O)Sc2ccc3ccccc3c2)C2C=CC=CC21.[Na+]. The molecule has 162 valence electrons. The Kier molecular flexibility index (Phi) is 7.27. The van der Waals surface area contributed by atoms with E-state index in [0.29, 0.717) is 0 Å². The Balaban J connectivity index is 0.00000259. The summed E-state index contributed by atoms with van der Waals surface area (Å²) >= 11 is 1.21. The molecule has 0 amide bonds. The normalized spacial score (nSPS) is 22.1. The van der Waals surface area contributed by atoms with Crippen LogP contribution < -0.4 is 39.4 Å². The van der Waals surface area contributed by atoms with Gasteiger partial charge in [-0.25, -0.2) is 0 Å². The van der Waals surface area contributed by atoms with E-state index in [1.54, 1.807) is 0 Å². The van der Waals surface area contributed by atoms with Crippen LogP contribution in [-0.2, 0) is 9.09 Å². The van der Waals surface area contributed by atoms with Gasteiger partial charge in [0.2, 0.25) is 0 Å². The zero-order valence-corrected chi connectivity index (χ0v) is 22.0. The molecule has 1 aliphatic heterocycles. The number of allylic oxidation sites excluding steroid dienone is 2. The fourth-order valence-electron chi connectivity index (χ4n) is 4.39. The van der Waals surface area contributed by atoms with Gasteiger partial charge in [0.05, 0.1) is 6.04 Å². The monoisotopic (exact) mass is 485 g/mol. The number of phosphoric acid groups is 1. The van der Waals surface area contributed by atoms with E-state index in [4.69, 9.17) is 4.52 Å². The van der Waals surface area contributed by atoms with E-state index in [0.717, 1.165) is 32.5 Å². The van der Waals surface area contributed by atoms with Crippen LogP contribution in [0.25, 0.3) is 16.3 Å². The maximum atomic E-state index is 11.9. The molecule has 0 saturated carbocycles. The van der Waals surface area contributed by atoms with Crippen molar-refractivity contribution < 1.29 is 48.4 Å². The van der Waals surface area contributed by atoms with Crippen molar-refractivity contribution >= 4 is 41.6 Å². The third kappa shape index (κ3) is 5.03. The van der Waals surface area contributed by atoms with Crippen molar-refractivity contribution in [1.82, 2.24) is 0 Å². The number of nitrogens with zero attached hydrogens (tertiary/aromatic N) is 1. The van der Waals surface area contributed by atoms with Gasteiger partial charge in [0, 0.05) is 34.7 Å². The molecule has 0 spiro atoms. The third-order valence-corrected chi connectivity index (χ3v) is 7.33. The average molecular weight is 485 g/mol. The first-order valence-electron chi connectivity index (χ1n) is 10.2. The average Bonchev–Trinajstić information content (AvgIpc) is 2.78.